The van der Waals surface area contributed by atoms with Crippen molar-refractivity contribution in [3.05, 3.63) is 47.2 Å². The van der Waals surface area contributed by atoms with E-state index in [1.807, 2.05) is 0 Å². The number of halogens is 4. The van der Waals surface area contributed by atoms with Crippen LogP contribution < -0.4 is 15.1 Å². The van der Waals surface area contributed by atoms with Gasteiger partial charge in [0.1, 0.15) is 11.7 Å². The number of rotatable bonds is 4. The molecule has 196 valence electrons. The van der Waals surface area contributed by atoms with E-state index in [1.165, 1.54) is 4.90 Å². The van der Waals surface area contributed by atoms with E-state index in [0.717, 1.165) is 17.2 Å². The molecule has 0 spiro atoms. The summed E-state index contributed by atoms with van der Waals surface area (Å²) in [5.41, 5.74) is -0.552. The molecule has 1 aromatic heterocycles. The van der Waals surface area contributed by atoms with Gasteiger partial charge in [-0.3, -0.25) is 9.59 Å². The third kappa shape index (κ3) is 5.07. The number of imide groups is 1. The fraction of sp³-hybridized carbons (Fsp3) is 0.458. The first-order valence-electron chi connectivity index (χ1n) is 12.0. The third-order valence-electron chi connectivity index (χ3n) is 7.06. The average Bonchev–Trinajstić information content (AvgIpc) is 3.13. The number of carbonyl (C=O) groups excluding carboxylic acids is 3. The smallest absolute Gasteiger partial charge is 0.353 e. The number of benzene rings is 1. The van der Waals surface area contributed by atoms with E-state index in [0.29, 0.717) is 56.0 Å². The Morgan fingerprint density at radius 2 is 1.73 bits per heavy atom. The van der Waals surface area contributed by atoms with Gasteiger partial charge in [-0.2, -0.15) is 13.2 Å². The maximum Gasteiger partial charge on any atom is 0.433 e. The number of hydrogen-bond donors (Lipinski definition) is 1. The summed E-state index contributed by atoms with van der Waals surface area (Å²) in [4.78, 5) is 50.8. The van der Waals surface area contributed by atoms with Crippen molar-refractivity contribution in [3.8, 4) is 0 Å². The maximum atomic E-state index is 13.1. The average molecular weight is 537 g/mol. The summed E-state index contributed by atoms with van der Waals surface area (Å²) in [5.74, 6) is -0.808. The van der Waals surface area contributed by atoms with E-state index in [2.05, 4.69) is 15.3 Å². The van der Waals surface area contributed by atoms with Crippen molar-refractivity contribution < 1.29 is 27.6 Å². The lowest BCUT2D eigenvalue weighted by molar-refractivity contribution is -0.141. The molecule has 4 amide bonds. The van der Waals surface area contributed by atoms with E-state index in [-0.39, 0.29) is 35.8 Å². The van der Waals surface area contributed by atoms with Crippen LogP contribution in [0.25, 0.3) is 0 Å². The summed E-state index contributed by atoms with van der Waals surface area (Å²) < 4.78 is 38.9. The van der Waals surface area contributed by atoms with E-state index in [9.17, 15) is 27.6 Å². The molecule has 2 atom stereocenters. The molecule has 9 nitrogen and oxygen atoms in total. The van der Waals surface area contributed by atoms with Crippen LogP contribution in [0.5, 0.6) is 0 Å². The second kappa shape index (κ2) is 9.81. The van der Waals surface area contributed by atoms with Gasteiger partial charge < -0.3 is 15.1 Å². The highest BCUT2D eigenvalue weighted by Crippen LogP contribution is 2.32. The highest BCUT2D eigenvalue weighted by molar-refractivity contribution is 6.30. The SMILES string of the molecule is O=C(N[C@H]1CCN2C(=O)N(c3ccc(Cl)cc3)C(=O)[C@@H]2C1)C1CCN(c2nccc(C(F)(F)F)n2)CC1. The lowest BCUT2D eigenvalue weighted by atomic mass is 9.93. The first-order valence-corrected chi connectivity index (χ1v) is 12.4. The number of urea groups is 1. The minimum absolute atomic E-state index is 0.00397. The monoisotopic (exact) mass is 536 g/mol. The molecule has 0 radical (unpaired) electrons. The van der Waals surface area contributed by atoms with Crippen LogP contribution >= 0.6 is 11.6 Å². The highest BCUT2D eigenvalue weighted by atomic mass is 35.5. The van der Waals surface area contributed by atoms with Gasteiger partial charge in [-0.05, 0) is 56.0 Å². The molecule has 5 rings (SSSR count). The summed E-state index contributed by atoms with van der Waals surface area (Å²) in [5, 5.41) is 3.52. The molecule has 0 unspecified atom stereocenters. The van der Waals surface area contributed by atoms with Gasteiger partial charge >= 0.3 is 12.2 Å². The molecular formula is C24H24ClF3N6O3. The van der Waals surface area contributed by atoms with Gasteiger partial charge in [0.25, 0.3) is 5.91 Å². The van der Waals surface area contributed by atoms with Crippen molar-refractivity contribution >= 4 is 41.1 Å². The lowest BCUT2D eigenvalue weighted by Gasteiger charge is -2.35. The van der Waals surface area contributed by atoms with Crippen molar-refractivity contribution in [2.24, 2.45) is 5.92 Å². The molecule has 37 heavy (non-hydrogen) atoms. The van der Waals surface area contributed by atoms with E-state index in [4.69, 9.17) is 11.6 Å². The van der Waals surface area contributed by atoms with Crippen LogP contribution in [0.1, 0.15) is 31.4 Å². The molecule has 4 heterocycles. The Morgan fingerprint density at radius 1 is 1.03 bits per heavy atom. The fourth-order valence-corrected chi connectivity index (χ4v) is 5.20. The van der Waals surface area contributed by atoms with Crippen LogP contribution in [-0.4, -0.2) is 64.4 Å². The number of fused-ring (bicyclic) bond motifs is 1. The predicted octanol–water partition coefficient (Wildman–Crippen LogP) is 3.48. The zero-order valence-corrected chi connectivity index (χ0v) is 20.4. The van der Waals surface area contributed by atoms with Gasteiger partial charge in [0, 0.05) is 42.8 Å². The lowest BCUT2D eigenvalue weighted by Crippen LogP contribution is -2.51. The number of aromatic nitrogens is 2. The van der Waals surface area contributed by atoms with Crippen LogP contribution in [0.15, 0.2) is 36.5 Å². The number of carbonyl (C=O) groups is 3. The molecular weight excluding hydrogens is 513 g/mol. The molecule has 0 saturated carbocycles. The molecule has 0 aliphatic carbocycles. The summed E-state index contributed by atoms with van der Waals surface area (Å²) in [6, 6.07) is 5.99. The number of nitrogens with one attached hydrogen (secondary N) is 1. The van der Waals surface area contributed by atoms with Gasteiger partial charge in [0.15, 0.2) is 0 Å². The molecule has 0 bridgehead atoms. The first-order chi connectivity index (χ1) is 17.6. The van der Waals surface area contributed by atoms with Crippen LogP contribution in [0.3, 0.4) is 0 Å². The Bertz CT molecular complexity index is 1200. The summed E-state index contributed by atoms with van der Waals surface area (Å²) >= 11 is 5.92. The Kier molecular flexibility index (Phi) is 6.69. The van der Waals surface area contributed by atoms with Crippen molar-refractivity contribution in [1.29, 1.82) is 0 Å². The van der Waals surface area contributed by atoms with Gasteiger partial charge in [0.05, 0.1) is 5.69 Å². The molecule has 1 aromatic carbocycles. The van der Waals surface area contributed by atoms with Gasteiger partial charge in [-0.15, -0.1) is 0 Å². The van der Waals surface area contributed by atoms with Crippen molar-refractivity contribution in [1.82, 2.24) is 20.2 Å². The van der Waals surface area contributed by atoms with Gasteiger partial charge in [0.2, 0.25) is 11.9 Å². The van der Waals surface area contributed by atoms with Crippen LogP contribution in [0.2, 0.25) is 5.02 Å². The molecule has 13 heteroatoms. The quantitative estimate of drug-likeness (QED) is 0.601. The molecule has 3 aliphatic heterocycles. The minimum atomic E-state index is -4.55. The number of anilines is 2. The van der Waals surface area contributed by atoms with Gasteiger partial charge in [-0.25, -0.2) is 19.7 Å². The van der Waals surface area contributed by atoms with E-state index < -0.39 is 17.9 Å². The van der Waals surface area contributed by atoms with Crippen molar-refractivity contribution in [3.63, 3.8) is 0 Å². The zero-order chi connectivity index (χ0) is 26.3. The highest BCUT2D eigenvalue weighted by Gasteiger charge is 2.49. The first kappa shape index (κ1) is 25.2. The standard InChI is InChI=1S/C24H24ClF3N6O3/c25-15-1-3-17(4-2-15)34-21(36)18-13-16(8-12-33(18)23(34)37)30-20(35)14-6-10-32(11-7-14)22-29-9-5-19(31-22)24(26,27)28/h1-5,9,14,16,18H,6-8,10-13H2,(H,30,35)/t16-,18-/m0/s1. The predicted molar refractivity (Wildman–Crippen MR) is 128 cm³/mol. The van der Waals surface area contributed by atoms with Crippen molar-refractivity contribution in [2.45, 2.75) is 43.9 Å². The number of alkyl halides is 3. The number of hydrogen-bond acceptors (Lipinski definition) is 6. The Labute approximate surface area is 215 Å². The maximum absolute atomic E-state index is 13.1. The third-order valence-corrected chi connectivity index (χ3v) is 7.31. The summed E-state index contributed by atoms with van der Waals surface area (Å²) in [6.07, 6.45) is -1.75. The van der Waals surface area contributed by atoms with Crippen molar-refractivity contribution in [2.75, 3.05) is 29.4 Å². The van der Waals surface area contributed by atoms with Crippen LogP contribution in [-0.2, 0) is 15.8 Å². The summed E-state index contributed by atoms with van der Waals surface area (Å²) in [6.45, 7) is 1.04. The van der Waals surface area contributed by atoms with Gasteiger partial charge in [-0.1, -0.05) is 11.6 Å². The Hall–Kier alpha value is -3.41. The second-order valence-corrected chi connectivity index (χ2v) is 9.81. The molecule has 3 aliphatic rings. The molecule has 3 fully saturated rings. The molecule has 2 aromatic rings. The minimum Gasteiger partial charge on any atom is -0.353 e. The normalized spacial score (nSPS) is 22.9. The van der Waals surface area contributed by atoms with Crippen LogP contribution in [0, 0.1) is 5.92 Å². The van der Waals surface area contributed by atoms with Crippen LogP contribution in [0.4, 0.5) is 29.6 Å². The zero-order valence-electron chi connectivity index (χ0n) is 19.6. The Morgan fingerprint density at radius 3 is 2.41 bits per heavy atom. The topological polar surface area (TPSA) is 98.7 Å². The molecule has 1 N–H and O–H groups in total. The number of piperidine rings is 2. The van der Waals surface area contributed by atoms with E-state index in [1.54, 1.807) is 29.2 Å². The second-order valence-electron chi connectivity index (χ2n) is 9.37. The Balaban J connectivity index is 1.16. The largest absolute Gasteiger partial charge is 0.433 e. The number of nitrogens with zero attached hydrogens (tertiary/aromatic N) is 5. The number of amides is 4. The summed E-state index contributed by atoms with van der Waals surface area (Å²) in [7, 11) is 0. The fourth-order valence-electron chi connectivity index (χ4n) is 5.08. The molecule has 3 saturated heterocycles. The van der Waals surface area contributed by atoms with E-state index >= 15 is 0 Å².